The zero-order chi connectivity index (χ0) is 15.3. The van der Waals surface area contributed by atoms with Crippen molar-refractivity contribution in [3.63, 3.8) is 0 Å². The van der Waals surface area contributed by atoms with Crippen LogP contribution < -0.4 is 8.92 Å². The van der Waals surface area contributed by atoms with E-state index in [1.807, 2.05) is 11.8 Å². The number of hydrogen-bond acceptors (Lipinski definition) is 1. The van der Waals surface area contributed by atoms with Crippen LogP contribution in [0.5, 0.6) is 0 Å². The van der Waals surface area contributed by atoms with Crippen LogP contribution in [0.1, 0.15) is 18.2 Å². The molecule has 4 rings (SSSR count). The third-order valence-electron chi connectivity index (χ3n) is 4.19. The molecule has 110 valence electrons. The number of aryl methyl sites for hydroxylation is 2. The van der Waals surface area contributed by atoms with Crippen molar-refractivity contribution in [2.24, 2.45) is 7.05 Å². The van der Waals surface area contributed by atoms with E-state index in [4.69, 9.17) is 0 Å². The van der Waals surface area contributed by atoms with Crippen LogP contribution in [-0.4, -0.2) is 19.5 Å². The molecule has 1 aliphatic heterocycles. The Balaban J connectivity index is 2.00. The molecule has 0 unspecified atom stereocenters. The summed E-state index contributed by atoms with van der Waals surface area (Å²) in [5.41, 5.74) is 4.06. The molecule has 2 aromatic carbocycles. The van der Waals surface area contributed by atoms with Gasteiger partial charge in [0.2, 0.25) is 0 Å². The van der Waals surface area contributed by atoms with E-state index in [0.717, 1.165) is 0 Å². The summed E-state index contributed by atoms with van der Waals surface area (Å²) in [5, 5.41) is 1.44. The number of nitrogens with zero attached hydrogens (tertiary/aromatic N) is 1. The first-order valence-corrected chi connectivity index (χ1v) is 9.93. The molecule has 1 aliphatic rings. The molecule has 22 heavy (non-hydrogen) atoms. The van der Waals surface area contributed by atoms with Crippen molar-refractivity contribution in [1.82, 2.24) is 4.57 Å². The fraction of sp³-hybridized carbons (Fsp3) is 0.158. The van der Waals surface area contributed by atoms with Crippen LogP contribution in [0.25, 0.3) is 17.0 Å². The van der Waals surface area contributed by atoms with E-state index in [2.05, 4.69) is 74.0 Å². The fourth-order valence-corrected chi connectivity index (χ4v) is 7.00. The SMILES string of the molecule is C/C=C\c1c(C)c2c3c(ccc2n1C)[Se]c1ccccc1S3. The van der Waals surface area contributed by atoms with Crippen LogP contribution in [-0.2, 0) is 7.05 Å². The fourth-order valence-electron chi connectivity index (χ4n) is 3.13. The van der Waals surface area contributed by atoms with Crippen molar-refractivity contribution in [3.8, 4) is 0 Å². The number of benzene rings is 2. The Labute approximate surface area is 141 Å². The van der Waals surface area contributed by atoms with Crippen molar-refractivity contribution in [3.05, 3.63) is 53.7 Å². The van der Waals surface area contributed by atoms with Gasteiger partial charge in [-0.05, 0) is 0 Å². The van der Waals surface area contributed by atoms with Gasteiger partial charge in [-0.2, -0.15) is 0 Å². The van der Waals surface area contributed by atoms with Crippen molar-refractivity contribution < 1.29 is 0 Å². The molecule has 0 aliphatic carbocycles. The molecule has 3 aromatic rings. The molecule has 0 spiro atoms. The molecule has 0 saturated carbocycles. The van der Waals surface area contributed by atoms with Crippen LogP contribution in [0.2, 0.25) is 0 Å². The van der Waals surface area contributed by atoms with Gasteiger partial charge in [0, 0.05) is 0 Å². The number of hydrogen-bond donors (Lipinski definition) is 0. The minimum absolute atomic E-state index is 0.411. The quantitative estimate of drug-likeness (QED) is 0.463. The topological polar surface area (TPSA) is 4.93 Å². The third-order valence-corrected chi connectivity index (χ3v) is 8.36. The second-order valence-electron chi connectivity index (χ2n) is 5.51. The van der Waals surface area contributed by atoms with Crippen LogP contribution in [0.15, 0.2) is 52.3 Å². The van der Waals surface area contributed by atoms with E-state index >= 15 is 0 Å². The van der Waals surface area contributed by atoms with Crippen LogP contribution in [0.4, 0.5) is 0 Å². The summed E-state index contributed by atoms with van der Waals surface area (Å²) in [6.45, 7) is 4.34. The molecule has 0 fully saturated rings. The van der Waals surface area contributed by atoms with Gasteiger partial charge >= 0.3 is 142 Å². The van der Waals surface area contributed by atoms with Gasteiger partial charge in [0.05, 0.1) is 0 Å². The molecule has 2 heterocycles. The first-order chi connectivity index (χ1) is 10.7. The number of allylic oxidation sites excluding steroid dienone is 1. The first-order valence-electron chi connectivity index (χ1n) is 7.40. The molecule has 0 amide bonds. The molecule has 1 nitrogen and oxygen atoms in total. The molecule has 0 radical (unpaired) electrons. The van der Waals surface area contributed by atoms with Crippen molar-refractivity contribution in [2.75, 3.05) is 0 Å². The average Bonchev–Trinajstić information content (AvgIpc) is 2.78. The third kappa shape index (κ3) is 2.00. The van der Waals surface area contributed by atoms with Gasteiger partial charge in [0.1, 0.15) is 0 Å². The standard InChI is InChI=1S/C19H17NSSe/c1-4-7-13-12(2)18-14(20(13)3)10-11-17-19(18)21-15-8-5-6-9-16(15)22-17/h4-11H,1-3H3/b7-4-. The van der Waals surface area contributed by atoms with Gasteiger partial charge in [0.25, 0.3) is 0 Å². The Kier molecular flexibility index (Phi) is 3.45. The molecule has 3 heteroatoms. The number of fused-ring (bicyclic) bond motifs is 4. The molecule has 0 N–H and O–H groups in total. The summed E-state index contributed by atoms with van der Waals surface area (Å²) in [4.78, 5) is 2.90. The van der Waals surface area contributed by atoms with E-state index in [1.165, 1.54) is 40.9 Å². The predicted molar refractivity (Wildman–Crippen MR) is 98.0 cm³/mol. The van der Waals surface area contributed by atoms with Gasteiger partial charge < -0.3 is 0 Å². The van der Waals surface area contributed by atoms with Crippen molar-refractivity contribution in [2.45, 2.75) is 23.6 Å². The summed E-state index contributed by atoms with van der Waals surface area (Å²) < 4.78 is 5.34. The summed E-state index contributed by atoms with van der Waals surface area (Å²) in [5.74, 6) is 0. The van der Waals surface area contributed by atoms with Crippen LogP contribution in [0, 0.1) is 6.92 Å². The Morgan fingerprint density at radius 1 is 1.09 bits per heavy atom. The Bertz CT molecular complexity index is 921. The Morgan fingerprint density at radius 2 is 1.91 bits per heavy atom. The second-order valence-corrected chi connectivity index (χ2v) is 8.83. The zero-order valence-corrected chi connectivity index (χ0v) is 15.4. The molecule has 1 aromatic heterocycles. The van der Waals surface area contributed by atoms with Gasteiger partial charge in [-0.1, -0.05) is 0 Å². The predicted octanol–water partition coefficient (Wildman–Crippen LogP) is 3.64. The maximum atomic E-state index is 2.33. The van der Waals surface area contributed by atoms with Crippen molar-refractivity contribution >= 4 is 52.6 Å². The molecule has 0 bridgehead atoms. The summed E-state index contributed by atoms with van der Waals surface area (Å²) in [7, 11) is 2.17. The zero-order valence-electron chi connectivity index (χ0n) is 12.9. The van der Waals surface area contributed by atoms with Gasteiger partial charge in [-0.25, -0.2) is 0 Å². The second kappa shape index (κ2) is 5.34. The molecule has 0 atom stereocenters. The van der Waals surface area contributed by atoms with Gasteiger partial charge in [-0.15, -0.1) is 0 Å². The van der Waals surface area contributed by atoms with E-state index in [0.29, 0.717) is 15.0 Å². The summed E-state index contributed by atoms with van der Waals surface area (Å²) in [6.07, 6.45) is 4.34. The summed E-state index contributed by atoms with van der Waals surface area (Å²) in [6, 6.07) is 13.5. The Morgan fingerprint density at radius 3 is 2.73 bits per heavy atom. The van der Waals surface area contributed by atoms with Crippen molar-refractivity contribution in [1.29, 1.82) is 0 Å². The normalized spacial score (nSPS) is 13.6. The van der Waals surface area contributed by atoms with E-state index in [9.17, 15) is 0 Å². The van der Waals surface area contributed by atoms with Gasteiger partial charge in [0.15, 0.2) is 0 Å². The minimum atomic E-state index is 0.411. The van der Waals surface area contributed by atoms with E-state index in [1.54, 1.807) is 0 Å². The Hall–Kier alpha value is -1.41. The molecular formula is C19H17NSSe. The average molecular weight is 370 g/mol. The first kappa shape index (κ1) is 14.2. The molecule has 0 saturated heterocycles. The van der Waals surface area contributed by atoms with Gasteiger partial charge in [-0.3, -0.25) is 0 Å². The van der Waals surface area contributed by atoms with E-state index in [-0.39, 0.29) is 0 Å². The number of rotatable bonds is 1. The molecular weight excluding hydrogens is 353 g/mol. The monoisotopic (exact) mass is 371 g/mol. The summed E-state index contributed by atoms with van der Waals surface area (Å²) >= 11 is 2.36. The maximum absolute atomic E-state index is 2.33. The van der Waals surface area contributed by atoms with E-state index < -0.39 is 0 Å². The number of aromatic nitrogens is 1. The van der Waals surface area contributed by atoms with Crippen LogP contribution in [0.3, 0.4) is 0 Å². The van der Waals surface area contributed by atoms with Crippen LogP contribution >= 0.6 is 11.8 Å².